The fourth-order valence-electron chi connectivity index (χ4n) is 1.11. The number of sulfone groups is 1. The summed E-state index contributed by atoms with van der Waals surface area (Å²) in [6.07, 6.45) is 1.20. The first-order chi connectivity index (χ1) is 7.01. The van der Waals surface area contributed by atoms with Gasteiger partial charge < -0.3 is 0 Å². The third-order valence-electron chi connectivity index (χ3n) is 2.06. The monoisotopic (exact) mass is 224 g/mol. The van der Waals surface area contributed by atoms with Gasteiger partial charge >= 0.3 is 0 Å². The number of rotatable bonds is 4. The van der Waals surface area contributed by atoms with Crippen LogP contribution in [0.4, 0.5) is 0 Å². The number of carbonyl (C=O) groups excluding carboxylic acids is 1. The zero-order valence-corrected chi connectivity index (χ0v) is 9.25. The minimum Gasteiger partial charge on any atom is -0.289 e. The summed E-state index contributed by atoms with van der Waals surface area (Å²) in [4.78, 5) is 11.4. The fourth-order valence-corrected chi connectivity index (χ4v) is 2.00. The molecule has 80 valence electrons. The van der Waals surface area contributed by atoms with Gasteiger partial charge in [0, 0.05) is 5.56 Å². The maximum atomic E-state index is 11.4. The van der Waals surface area contributed by atoms with Crippen LogP contribution < -0.4 is 0 Å². The lowest BCUT2D eigenvalue weighted by Crippen LogP contribution is -2.04. The molecule has 0 radical (unpaired) electrons. The molecule has 0 spiro atoms. The molecule has 0 aliphatic rings. The van der Waals surface area contributed by atoms with Crippen LogP contribution in [0.2, 0.25) is 0 Å². The van der Waals surface area contributed by atoms with Gasteiger partial charge in [0.2, 0.25) is 0 Å². The third kappa shape index (κ3) is 2.53. The average Bonchev–Trinajstić information content (AvgIpc) is 2.28. The fraction of sp³-hybridized carbons (Fsp3) is 0.182. The summed E-state index contributed by atoms with van der Waals surface area (Å²) in [5, 5.41) is 0. The SMILES string of the molecule is C=CC(=O)c1ccc(S(=O)(=O)CC)cc1. The third-order valence-corrected chi connectivity index (χ3v) is 3.81. The van der Waals surface area contributed by atoms with Crippen molar-refractivity contribution in [3.8, 4) is 0 Å². The van der Waals surface area contributed by atoms with Crippen molar-refractivity contribution < 1.29 is 13.2 Å². The minimum absolute atomic E-state index is 0.0573. The lowest BCUT2D eigenvalue weighted by molar-refractivity contribution is 0.104. The minimum atomic E-state index is -3.18. The van der Waals surface area contributed by atoms with Crippen LogP contribution in [0.25, 0.3) is 0 Å². The van der Waals surface area contributed by atoms with E-state index in [9.17, 15) is 13.2 Å². The zero-order valence-electron chi connectivity index (χ0n) is 8.43. The number of benzene rings is 1. The molecule has 0 unspecified atom stereocenters. The van der Waals surface area contributed by atoms with Crippen molar-refractivity contribution in [1.29, 1.82) is 0 Å². The van der Waals surface area contributed by atoms with Crippen LogP contribution in [0.1, 0.15) is 17.3 Å². The van der Waals surface area contributed by atoms with Crippen LogP contribution in [0, 0.1) is 0 Å². The number of hydrogen-bond donors (Lipinski definition) is 0. The second-order valence-electron chi connectivity index (χ2n) is 3.00. The van der Waals surface area contributed by atoms with Gasteiger partial charge in [0.25, 0.3) is 0 Å². The van der Waals surface area contributed by atoms with Gasteiger partial charge in [-0.3, -0.25) is 4.79 Å². The summed E-state index contributed by atoms with van der Waals surface area (Å²) in [7, 11) is -3.18. The molecule has 0 bridgehead atoms. The maximum Gasteiger partial charge on any atom is 0.185 e. The quantitative estimate of drug-likeness (QED) is 0.579. The number of ketones is 1. The summed E-state index contributed by atoms with van der Waals surface area (Å²) in [6, 6.07) is 5.87. The van der Waals surface area contributed by atoms with Gasteiger partial charge in [-0.05, 0) is 30.3 Å². The summed E-state index contributed by atoms with van der Waals surface area (Å²) >= 11 is 0. The van der Waals surface area contributed by atoms with Crippen LogP contribution in [0.15, 0.2) is 41.8 Å². The molecule has 0 heterocycles. The molecule has 15 heavy (non-hydrogen) atoms. The van der Waals surface area contributed by atoms with Crippen molar-refractivity contribution in [3.63, 3.8) is 0 Å². The smallest absolute Gasteiger partial charge is 0.185 e. The number of allylic oxidation sites excluding steroid dienone is 1. The molecule has 1 rings (SSSR count). The van der Waals surface area contributed by atoms with Gasteiger partial charge in [-0.25, -0.2) is 8.42 Å². The number of hydrogen-bond acceptors (Lipinski definition) is 3. The predicted octanol–water partition coefficient (Wildman–Crippen LogP) is 1.85. The Hall–Kier alpha value is -1.42. The highest BCUT2D eigenvalue weighted by Gasteiger charge is 2.11. The molecular formula is C11H12O3S. The maximum absolute atomic E-state index is 11.4. The van der Waals surface area contributed by atoms with Crippen molar-refractivity contribution in [1.82, 2.24) is 0 Å². The average molecular weight is 224 g/mol. The standard InChI is InChI=1S/C11H12O3S/c1-3-11(12)9-5-7-10(8-6-9)15(13,14)4-2/h3,5-8H,1,4H2,2H3. The largest absolute Gasteiger partial charge is 0.289 e. The Morgan fingerprint density at radius 1 is 1.33 bits per heavy atom. The molecule has 0 saturated carbocycles. The van der Waals surface area contributed by atoms with Crippen LogP contribution in [0.5, 0.6) is 0 Å². The van der Waals surface area contributed by atoms with Gasteiger partial charge in [-0.2, -0.15) is 0 Å². The topological polar surface area (TPSA) is 51.2 Å². The first-order valence-corrected chi connectivity index (χ1v) is 6.16. The van der Waals surface area contributed by atoms with E-state index in [-0.39, 0.29) is 16.4 Å². The van der Waals surface area contributed by atoms with E-state index in [0.717, 1.165) is 0 Å². The molecular weight excluding hydrogens is 212 g/mol. The Morgan fingerprint density at radius 2 is 1.87 bits per heavy atom. The predicted molar refractivity (Wildman–Crippen MR) is 58.7 cm³/mol. The molecule has 0 aromatic heterocycles. The Kier molecular flexibility index (Phi) is 3.42. The molecule has 1 aromatic rings. The Bertz CT molecular complexity index is 469. The van der Waals surface area contributed by atoms with E-state index in [1.807, 2.05) is 0 Å². The van der Waals surface area contributed by atoms with Crippen LogP contribution >= 0.6 is 0 Å². The highest BCUT2D eigenvalue weighted by atomic mass is 32.2. The molecule has 0 aliphatic carbocycles. The second kappa shape index (κ2) is 4.40. The Balaban J connectivity index is 3.11. The summed E-state index contributed by atoms with van der Waals surface area (Å²) in [6.45, 7) is 4.94. The Labute approximate surface area is 89.4 Å². The van der Waals surface area contributed by atoms with Gasteiger partial charge in [0.1, 0.15) is 0 Å². The highest BCUT2D eigenvalue weighted by molar-refractivity contribution is 7.91. The van der Waals surface area contributed by atoms with Gasteiger partial charge in [0.15, 0.2) is 15.6 Å². The molecule has 0 amide bonds. The molecule has 0 N–H and O–H groups in total. The first-order valence-electron chi connectivity index (χ1n) is 4.51. The van der Waals surface area contributed by atoms with Crippen LogP contribution in [-0.2, 0) is 9.84 Å². The van der Waals surface area contributed by atoms with E-state index in [2.05, 4.69) is 6.58 Å². The van der Waals surface area contributed by atoms with E-state index >= 15 is 0 Å². The van der Waals surface area contributed by atoms with Crippen molar-refractivity contribution in [2.24, 2.45) is 0 Å². The molecule has 0 aliphatic heterocycles. The summed E-state index contributed by atoms with van der Waals surface area (Å²) in [5.74, 6) is -0.155. The van der Waals surface area contributed by atoms with Crippen LogP contribution in [0.3, 0.4) is 0 Å². The second-order valence-corrected chi connectivity index (χ2v) is 5.27. The molecule has 0 atom stereocenters. The van der Waals surface area contributed by atoms with Gasteiger partial charge in [-0.15, -0.1) is 0 Å². The van der Waals surface area contributed by atoms with Crippen molar-refractivity contribution >= 4 is 15.6 Å². The highest BCUT2D eigenvalue weighted by Crippen LogP contribution is 2.12. The molecule has 3 nitrogen and oxygen atoms in total. The van der Waals surface area contributed by atoms with Crippen LogP contribution in [-0.4, -0.2) is 20.0 Å². The summed E-state index contributed by atoms with van der Waals surface area (Å²) in [5.41, 5.74) is 0.444. The van der Waals surface area contributed by atoms with Crippen molar-refractivity contribution in [2.45, 2.75) is 11.8 Å². The first kappa shape index (κ1) is 11.7. The number of carbonyl (C=O) groups is 1. The van der Waals surface area contributed by atoms with Gasteiger partial charge in [0.05, 0.1) is 10.6 Å². The normalized spacial score (nSPS) is 11.0. The van der Waals surface area contributed by atoms with E-state index in [0.29, 0.717) is 5.56 Å². The lowest BCUT2D eigenvalue weighted by Gasteiger charge is -2.01. The van der Waals surface area contributed by atoms with E-state index in [4.69, 9.17) is 0 Å². The summed E-state index contributed by atoms with van der Waals surface area (Å²) < 4.78 is 22.9. The molecule has 0 saturated heterocycles. The molecule has 4 heteroatoms. The molecule has 1 aromatic carbocycles. The van der Waals surface area contributed by atoms with Gasteiger partial charge in [-0.1, -0.05) is 13.5 Å². The molecule has 0 fully saturated rings. The zero-order chi connectivity index (χ0) is 11.5. The van der Waals surface area contributed by atoms with Crippen molar-refractivity contribution in [2.75, 3.05) is 5.75 Å². The van der Waals surface area contributed by atoms with Crippen molar-refractivity contribution in [3.05, 3.63) is 42.5 Å². The Morgan fingerprint density at radius 3 is 2.27 bits per heavy atom. The lowest BCUT2D eigenvalue weighted by atomic mass is 10.1. The van der Waals surface area contributed by atoms with E-state index in [1.54, 1.807) is 6.92 Å². The van der Waals surface area contributed by atoms with E-state index < -0.39 is 9.84 Å². The van der Waals surface area contributed by atoms with E-state index in [1.165, 1.54) is 30.3 Å².